The van der Waals surface area contributed by atoms with Crippen LogP contribution in [0.25, 0.3) is 0 Å². The van der Waals surface area contributed by atoms with Crippen molar-refractivity contribution >= 4 is 17.4 Å². The van der Waals surface area contributed by atoms with Gasteiger partial charge in [0.2, 0.25) is 0 Å². The predicted octanol–water partition coefficient (Wildman–Crippen LogP) is 1.67. The Morgan fingerprint density at radius 2 is 2.28 bits per heavy atom. The third-order valence-electron chi connectivity index (χ3n) is 2.59. The van der Waals surface area contributed by atoms with E-state index in [1.807, 2.05) is 26.2 Å². The average molecular weight is 270 g/mol. The fourth-order valence-corrected chi connectivity index (χ4v) is 2.61. The normalized spacial score (nSPS) is 18.3. The molecule has 0 aliphatic carbocycles. The number of β-amino-alcohol motifs (C(OH)–C–C–N with tert-alkyl or cyclic N) is 1. The van der Waals surface area contributed by atoms with Gasteiger partial charge in [-0.05, 0) is 20.8 Å². The first-order valence-corrected chi connectivity index (χ1v) is 6.74. The van der Waals surface area contributed by atoms with E-state index < -0.39 is 11.2 Å². The molecule has 2 heterocycles. The largest absolute Gasteiger partial charge is 0.444 e. The van der Waals surface area contributed by atoms with Crippen LogP contribution in [-0.2, 0) is 11.2 Å². The third-order valence-corrected chi connectivity index (χ3v) is 3.37. The van der Waals surface area contributed by atoms with Crippen LogP contribution in [0.1, 0.15) is 25.8 Å². The minimum atomic E-state index is -0.852. The summed E-state index contributed by atoms with van der Waals surface area (Å²) in [6, 6.07) is 0. The summed E-state index contributed by atoms with van der Waals surface area (Å²) < 4.78 is 5.23. The smallest absolute Gasteiger partial charge is 0.410 e. The van der Waals surface area contributed by atoms with Crippen LogP contribution in [-0.4, -0.2) is 45.4 Å². The number of thiazole rings is 1. The lowest BCUT2D eigenvalue weighted by Gasteiger charge is -2.46. The van der Waals surface area contributed by atoms with Gasteiger partial charge in [-0.15, -0.1) is 11.3 Å². The fraction of sp³-hybridized carbons (Fsp3) is 0.667. The van der Waals surface area contributed by atoms with E-state index in [1.54, 1.807) is 6.20 Å². The van der Waals surface area contributed by atoms with Crippen LogP contribution in [0.5, 0.6) is 0 Å². The van der Waals surface area contributed by atoms with Crippen molar-refractivity contribution in [2.75, 3.05) is 13.1 Å². The Labute approximate surface area is 110 Å². The molecule has 18 heavy (non-hydrogen) atoms. The highest BCUT2D eigenvalue weighted by Gasteiger charge is 2.45. The monoisotopic (exact) mass is 270 g/mol. The number of ether oxygens (including phenoxy) is 1. The number of aliphatic hydroxyl groups is 1. The zero-order valence-electron chi connectivity index (χ0n) is 10.8. The molecule has 1 amide bonds. The Morgan fingerprint density at radius 3 is 2.78 bits per heavy atom. The van der Waals surface area contributed by atoms with Crippen LogP contribution >= 0.6 is 11.3 Å². The predicted molar refractivity (Wildman–Crippen MR) is 68.6 cm³/mol. The van der Waals surface area contributed by atoms with Crippen molar-refractivity contribution in [2.24, 2.45) is 0 Å². The number of rotatable bonds is 2. The number of amides is 1. The summed E-state index contributed by atoms with van der Waals surface area (Å²) in [6.07, 6.45) is 1.84. The number of nitrogens with zero attached hydrogens (tertiary/aromatic N) is 2. The Hall–Kier alpha value is -1.14. The molecule has 6 heteroatoms. The molecule has 0 unspecified atom stereocenters. The summed E-state index contributed by atoms with van der Waals surface area (Å²) in [7, 11) is 0. The molecule has 0 spiro atoms. The summed E-state index contributed by atoms with van der Waals surface area (Å²) in [5.74, 6) is 0. The minimum Gasteiger partial charge on any atom is -0.444 e. The Bertz CT molecular complexity index is 419. The van der Waals surface area contributed by atoms with Gasteiger partial charge in [0.05, 0.1) is 18.1 Å². The molecule has 0 saturated carbocycles. The maximum atomic E-state index is 11.7. The van der Waals surface area contributed by atoms with Gasteiger partial charge in [-0.2, -0.15) is 0 Å². The molecule has 1 N–H and O–H groups in total. The van der Waals surface area contributed by atoms with Crippen LogP contribution in [0.3, 0.4) is 0 Å². The maximum Gasteiger partial charge on any atom is 0.410 e. The van der Waals surface area contributed by atoms with Crippen molar-refractivity contribution in [2.45, 2.75) is 38.4 Å². The number of aromatic nitrogens is 1. The van der Waals surface area contributed by atoms with Gasteiger partial charge in [-0.25, -0.2) is 9.78 Å². The van der Waals surface area contributed by atoms with E-state index in [-0.39, 0.29) is 6.09 Å². The van der Waals surface area contributed by atoms with Crippen LogP contribution in [0, 0.1) is 0 Å². The molecular weight excluding hydrogens is 252 g/mol. The summed E-state index contributed by atoms with van der Waals surface area (Å²) in [6.45, 7) is 6.09. The first-order chi connectivity index (χ1) is 8.27. The molecule has 1 fully saturated rings. The van der Waals surface area contributed by atoms with Gasteiger partial charge in [0.1, 0.15) is 11.2 Å². The van der Waals surface area contributed by atoms with Gasteiger partial charge in [0.15, 0.2) is 0 Å². The third kappa shape index (κ3) is 3.20. The molecule has 1 aromatic rings. The number of carbonyl (C=O) groups is 1. The van der Waals surface area contributed by atoms with Crippen LogP contribution in [0.15, 0.2) is 11.6 Å². The van der Waals surface area contributed by atoms with Crippen molar-refractivity contribution in [1.82, 2.24) is 9.88 Å². The lowest BCUT2D eigenvalue weighted by atomic mass is 9.91. The van der Waals surface area contributed by atoms with Gasteiger partial charge >= 0.3 is 6.09 Å². The molecule has 2 rings (SSSR count). The highest BCUT2D eigenvalue weighted by atomic mass is 32.1. The van der Waals surface area contributed by atoms with E-state index in [0.717, 1.165) is 5.01 Å². The van der Waals surface area contributed by atoms with E-state index >= 15 is 0 Å². The van der Waals surface area contributed by atoms with Crippen molar-refractivity contribution in [3.05, 3.63) is 16.6 Å². The zero-order chi connectivity index (χ0) is 13.4. The molecule has 0 radical (unpaired) electrons. The topological polar surface area (TPSA) is 62.7 Å². The second-order valence-electron chi connectivity index (χ2n) is 5.66. The van der Waals surface area contributed by atoms with Crippen molar-refractivity contribution < 1.29 is 14.6 Å². The van der Waals surface area contributed by atoms with Crippen LogP contribution < -0.4 is 0 Å². The van der Waals surface area contributed by atoms with Gasteiger partial charge in [0, 0.05) is 18.0 Å². The first kappa shape index (κ1) is 13.3. The van der Waals surface area contributed by atoms with Crippen LogP contribution in [0.4, 0.5) is 4.79 Å². The van der Waals surface area contributed by atoms with E-state index in [0.29, 0.717) is 19.5 Å². The van der Waals surface area contributed by atoms with E-state index in [9.17, 15) is 9.90 Å². The molecule has 1 aromatic heterocycles. The van der Waals surface area contributed by atoms with Gasteiger partial charge < -0.3 is 14.7 Å². The summed E-state index contributed by atoms with van der Waals surface area (Å²) in [4.78, 5) is 17.4. The average Bonchev–Trinajstić information content (AvgIpc) is 2.63. The van der Waals surface area contributed by atoms with Gasteiger partial charge in [0.25, 0.3) is 0 Å². The first-order valence-electron chi connectivity index (χ1n) is 5.86. The van der Waals surface area contributed by atoms with Crippen molar-refractivity contribution in [1.29, 1.82) is 0 Å². The quantitative estimate of drug-likeness (QED) is 0.888. The second-order valence-corrected chi connectivity index (χ2v) is 6.64. The second kappa shape index (κ2) is 4.51. The minimum absolute atomic E-state index is 0.307. The SMILES string of the molecule is CC(C)(C)OC(=O)N1CC(O)(Cc2nccs2)C1. The number of hydrogen-bond donors (Lipinski definition) is 1. The lowest BCUT2D eigenvalue weighted by molar-refractivity contribution is -0.0973. The molecule has 1 saturated heterocycles. The Kier molecular flexibility index (Phi) is 3.33. The standard InChI is InChI=1S/C12H18N2O3S/c1-11(2,3)17-10(15)14-7-12(16,8-14)6-9-13-4-5-18-9/h4-5,16H,6-8H2,1-3H3. The highest BCUT2D eigenvalue weighted by Crippen LogP contribution is 2.27. The summed E-state index contributed by atoms with van der Waals surface area (Å²) in [5.41, 5.74) is -1.35. The summed E-state index contributed by atoms with van der Waals surface area (Å²) in [5, 5.41) is 13.0. The van der Waals surface area contributed by atoms with Gasteiger partial charge in [-0.1, -0.05) is 0 Å². The highest BCUT2D eigenvalue weighted by molar-refractivity contribution is 7.09. The number of carbonyl (C=O) groups excluding carboxylic acids is 1. The molecule has 1 aliphatic heterocycles. The van der Waals surface area contributed by atoms with Gasteiger partial charge in [-0.3, -0.25) is 0 Å². The Morgan fingerprint density at radius 1 is 1.61 bits per heavy atom. The van der Waals surface area contributed by atoms with E-state index in [2.05, 4.69) is 4.98 Å². The number of hydrogen-bond acceptors (Lipinski definition) is 5. The summed E-state index contributed by atoms with van der Waals surface area (Å²) >= 11 is 1.51. The van der Waals surface area contributed by atoms with E-state index in [4.69, 9.17) is 4.74 Å². The molecule has 0 aromatic carbocycles. The molecular formula is C12H18N2O3S. The molecule has 1 aliphatic rings. The van der Waals surface area contributed by atoms with Crippen molar-refractivity contribution in [3.8, 4) is 0 Å². The molecule has 0 bridgehead atoms. The Balaban J connectivity index is 1.84. The fourth-order valence-electron chi connectivity index (χ4n) is 1.85. The lowest BCUT2D eigenvalue weighted by Crippen LogP contribution is -2.65. The maximum absolute atomic E-state index is 11.7. The number of likely N-dealkylation sites (tertiary alicyclic amines) is 1. The van der Waals surface area contributed by atoms with E-state index in [1.165, 1.54) is 16.2 Å². The molecule has 100 valence electrons. The molecule has 0 atom stereocenters. The molecule has 5 nitrogen and oxygen atoms in total. The zero-order valence-corrected chi connectivity index (χ0v) is 11.7. The van der Waals surface area contributed by atoms with Crippen molar-refractivity contribution in [3.63, 3.8) is 0 Å². The van der Waals surface area contributed by atoms with Crippen LogP contribution in [0.2, 0.25) is 0 Å².